The van der Waals surface area contributed by atoms with E-state index < -0.39 is 0 Å². The molecule has 0 aliphatic carbocycles. The number of benzene rings is 1. The van der Waals surface area contributed by atoms with Crippen molar-refractivity contribution < 1.29 is 4.74 Å². The molecule has 0 saturated heterocycles. The van der Waals surface area contributed by atoms with Gasteiger partial charge < -0.3 is 14.6 Å². The van der Waals surface area contributed by atoms with Crippen LogP contribution in [0.3, 0.4) is 0 Å². The van der Waals surface area contributed by atoms with Crippen molar-refractivity contribution in [3.63, 3.8) is 0 Å². The molecule has 0 unspecified atom stereocenters. The fourth-order valence-electron chi connectivity index (χ4n) is 1.84. The van der Waals surface area contributed by atoms with Crippen molar-refractivity contribution in [1.82, 2.24) is 4.57 Å². The number of nitrogens with one attached hydrogen (secondary N) is 1. The van der Waals surface area contributed by atoms with Gasteiger partial charge in [-0.3, -0.25) is 4.79 Å². The van der Waals surface area contributed by atoms with E-state index in [1.165, 1.54) is 0 Å². The molecule has 0 aliphatic rings. The minimum absolute atomic E-state index is 0.0367. The smallest absolute Gasteiger partial charge is 0.250 e. The largest absolute Gasteiger partial charge is 0.383 e. The van der Waals surface area contributed by atoms with Crippen LogP contribution in [-0.4, -0.2) is 18.3 Å². The number of hydrogen-bond donors (Lipinski definition) is 1. The van der Waals surface area contributed by atoms with Crippen molar-refractivity contribution in [3.8, 4) is 0 Å². The van der Waals surface area contributed by atoms with Crippen LogP contribution in [0.1, 0.15) is 5.56 Å². The summed E-state index contributed by atoms with van der Waals surface area (Å²) in [4.78, 5) is 11.7. The summed E-state index contributed by atoms with van der Waals surface area (Å²) in [6, 6.07) is 11.0. The molecule has 0 bridgehead atoms. The van der Waals surface area contributed by atoms with Crippen molar-refractivity contribution in [2.75, 3.05) is 19.0 Å². The fraction of sp³-hybridized carbons (Fsp3) is 0.267. The van der Waals surface area contributed by atoms with Gasteiger partial charge in [-0.05, 0) is 17.7 Å². The van der Waals surface area contributed by atoms with Gasteiger partial charge in [0.15, 0.2) is 0 Å². The van der Waals surface area contributed by atoms with Crippen LogP contribution < -0.4 is 10.9 Å². The number of methoxy groups -OCH3 is 1. The first-order valence-electron chi connectivity index (χ1n) is 6.37. The van der Waals surface area contributed by atoms with E-state index in [0.29, 0.717) is 19.7 Å². The van der Waals surface area contributed by atoms with Gasteiger partial charge in [-0.25, -0.2) is 0 Å². The molecule has 0 fully saturated rings. The Morgan fingerprint density at radius 3 is 2.80 bits per heavy atom. The number of pyridine rings is 1. The molecule has 0 spiro atoms. The number of rotatable bonds is 6. The molecular formula is C15H17ClN2O2. The summed E-state index contributed by atoms with van der Waals surface area (Å²) in [5.41, 5.74) is 1.86. The Kier molecular flexibility index (Phi) is 5.21. The summed E-state index contributed by atoms with van der Waals surface area (Å²) in [5.74, 6) is 0. The molecule has 20 heavy (non-hydrogen) atoms. The highest BCUT2D eigenvalue weighted by Gasteiger charge is 2.01. The Morgan fingerprint density at radius 1 is 1.25 bits per heavy atom. The standard InChI is InChI=1S/C15H17ClN2O2/c1-20-9-8-18-11-13(6-7-15(18)19)17-10-12-4-2-3-5-14(12)16/h2-7,11,17H,8-10H2,1H3. The quantitative estimate of drug-likeness (QED) is 0.890. The van der Waals surface area contributed by atoms with E-state index in [2.05, 4.69) is 5.32 Å². The zero-order valence-corrected chi connectivity index (χ0v) is 12.1. The average Bonchev–Trinajstić information content (AvgIpc) is 2.46. The second-order valence-corrected chi connectivity index (χ2v) is 4.79. The molecule has 0 amide bonds. The number of halogens is 1. The van der Waals surface area contributed by atoms with Gasteiger partial charge in [0.1, 0.15) is 0 Å². The van der Waals surface area contributed by atoms with Crippen LogP contribution in [0.5, 0.6) is 0 Å². The molecule has 1 aromatic heterocycles. The third kappa shape index (κ3) is 3.85. The minimum Gasteiger partial charge on any atom is -0.383 e. The average molecular weight is 293 g/mol. The molecule has 4 nitrogen and oxygen atoms in total. The summed E-state index contributed by atoms with van der Waals surface area (Å²) >= 11 is 6.10. The van der Waals surface area contributed by atoms with Gasteiger partial charge in [-0.2, -0.15) is 0 Å². The summed E-state index contributed by atoms with van der Waals surface area (Å²) in [7, 11) is 1.62. The van der Waals surface area contributed by atoms with E-state index in [9.17, 15) is 4.79 Å². The first-order chi connectivity index (χ1) is 9.70. The van der Waals surface area contributed by atoms with Crippen LogP contribution >= 0.6 is 11.6 Å². The number of ether oxygens (including phenoxy) is 1. The van der Waals surface area contributed by atoms with E-state index in [1.54, 1.807) is 30.0 Å². The highest BCUT2D eigenvalue weighted by Crippen LogP contribution is 2.16. The first kappa shape index (κ1) is 14.6. The Labute approximate surface area is 123 Å². The molecule has 106 valence electrons. The van der Waals surface area contributed by atoms with Crippen molar-refractivity contribution in [2.45, 2.75) is 13.1 Å². The third-order valence-electron chi connectivity index (χ3n) is 2.96. The monoisotopic (exact) mass is 292 g/mol. The lowest BCUT2D eigenvalue weighted by atomic mass is 10.2. The van der Waals surface area contributed by atoms with E-state index in [-0.39, 0.29) is 5.56 Å². The zero-order chi connectivity index (χ0) is 14.4. The minimum atomic E-state index is -0.0367. The van der Waals surface area contributed by atoms with E-state index in [4.69, 9.17) is 16.3 Å². The van der Waals surface area contributed by atoms with Crippen LogP contribution in [-0.2, 0) is 17.8 Å². The zero-order valence-electron chi connectivity index (χ0n) is 11.3. The Balaban J connectivity index is 2.06. The maximum absolute atomic E-state index is 11.7. The molecule has 0 radical (unpaired) electrons. The van der Waals surface area contributed by atoms with Gasteiger partial charge in [0.05, 0.1) is 12.3 Å². The molecule has 0 saturated carbocycles. The van der Waals surface area contributed by atoms with Gasteiger partial charge in [0.25, 0.3) is 5.56 Å². The van der Waals surface area contributed by atoms with Gasteiger partial charge in [-0.1, -0.05) is 29.8 Å². The van der Waals surface area contributed by atoms with Crippen molar-refractivity contribution in [1.29, 1.82) is 0 Å². The van der Waals surface area contributed by atoms with Crippen LogP contribution in [0.15, 0.2) is 47.4 Å². The second kappa shape index (κ2) is 7.12. The van der Waals surface area contributed by atoms with Crippen LogP contribution in [0.4, 0.5) is 5.69 Å². The topological polar surface area (TPSA) is 43.3 Å². The van der Waals surface area contributed by atoms with Crippen molar-refractivity contribution in [2.24, 2.45) is 0 Å². The van der Waals surface area contributed by atoms with Gasteiger partial charge in [-0.15, -0.1) is 0 Å². The van der Waals surface area contributed by atoms with Gasteiger partial charge in [0.2, 0.25) is 0 Å². The molecule has 1 heterocycles. The number of anilines is 1. The molecule has 0 atom stereocenters. The molecule has 2 aromatic rings. The van der Waals surface area contributed by atoms with E-state index in [1.807, 2.05) is 24.3 Å². The number of hydrogen-bond acceptors (Lipinski definition) is 3. The number of nitrogens with zero attached hydrogens (tertiary/aromatic N) is 1. The Bertz CT molecular complexity index is 625. The first-order valence-corrected chi connectivity index (χ1v) is 6.75. The summed E-state index contributed by atoms with van der Waals surface area (Å²) in [6.07, 6.45) is 1.79. The SMILES string of the molecule is COCCn1cc(NCc2ccccc2Cl)ccc1=O. The molecular weight excluding hydrogens is 276 g/mol. The van der Waals surface area contributed by atoms with E-state index >= 15 is 0 Å². The van der Waals surface area contributed by atoms with Crippen LogP contribution in [0.25, 0.3) is 0 Å². The predicted octanol–water partition coefficient (Wildman–Crippen LogP) is 2.76. The molecule has 5 heteroatoms. The highest BCUT2D eigenvalue weighted by molar-refractivity contribution is 6.31. The molecule has 0 aliphatic heterocycles. The van der Waals surface area contributed by atoms with Crippen molar-refractivity contribution in [3.05, 3.63) is 63.5 Å². The lowest BCUT2D eigenvalue weighted by molar-refractivity contribution is 0.186. The van der Waals surface area contributed by atoms with E-state index in [0.717, 1.165) is 16.3 Å². The maximum Gasteiger partial charge on any atom is 0.250 e. The Hall–Kier alpha value is -1.78. The summed E-state index contributed by atoms with van der Waals surface area (Å²) in [6.45, 7) is 1.66. The number of aromatic nitrogens is 1. The van der Waals surface area contributed by atoms with Gasteiger partial charge >= 0.3 is 0 Å². The molecule has 2 rings (SSSR count). The summed E-state index contributed by atoms with van der Waals surface area (Å²) < 4.78 is 6.61. The maximum atomic E-state index is 11.7. The highest BCUT2D eigenvalue weighted by atomic mass is 35.5. The van der Waals surface area contributed by atoms with Crippen molar-refractivity contribution >= 4 is 17.3 Å². The normalized spacial score (nSPS) is 10.5. The second-order valence-electron chi connectivity index (χ2n) is 4.39. The Morgan fingerprint density at radius 2 is 2.05 bits per heavy atom. The fourth-order valence-corrected chi connectivity index (χ4v) is 2.04. The molecule has 1 N–H and O–H groups in total. The van der Waals surface area contributed by atoms with Gasteiger partial charge in [0, 0.05) is 37.5 Å². The lowest BCUT2D eigenvalue weighted by Gasteiger charge is -2.10. The lowest BCUT2D eigenvalue weighted by Crippen LogP contribution is -2.21. The summed E-state index contributed by atoms with van der Waals surface area (Å²) in [5, 5.41) is 3.99. The molecule has 1 aromatic carbocycles. The van der Waals surface area contributed by atoms with Crippen LogP contribution in [0.2, 0.25) is 5.02 Å². The predicted molar refractivity (Wildman–Crippen MR) is 81.4 cm³/mol. The van der Waals surface area contributed by atoms with Crippen LogP contribution in [0, 0.1) is 0 Å². The third-order valence-corrected chi connectivity index (χ3v) is 3.33.